The molecule has 106 valence electrons. The molecule has 1 fully saturated rings. The lowest BCUT2D eigenvalue weighted by Crippen LogP contribution is -2.55. The summed E-state index contributed by atoms with van der Waals surface area (Å²) in [6.45, 7) is 8.83. The van der Waals surface area contributed by atoms with Crippen LogP contribution in [0.25, 0.3) is 0 Å². The van der Waals surface area contributed by atoms with Crippen LogP contribution in [-0.2, 0) is 6.54 Å². The summed E-state index contributed by atoms with van der Waals surface area (Å²) < 4.78 is 0. The average molecular weight is 263 g/mol. The van der Waals surface area contributed by atoms with E-state index in [1.54, 1.807) is 0 Å². The van der Waals surface area contributed by atoms with Crippen molar-refractivity contribution in [3.63, 3.8) is 0 Å². The zero-order valence-electron chi connectivity index (χ0n) is 12.0. The summed E-state index contributed by atoms with van der Waals surface area (Å²) in [5.41, 5.74) is 1.13. The SMILES string of the molecule is CC(C)N1CCN(Cc2ccccn2)C[C@H]1CCO. The first-order valence-corrected chi connectivity index (χ1v) is 7.19. The van der Waals surface area contributed by atoms with Gasteiger partial charge in [0.2, 0.25) is 0 Å². The summed E-state index contributed by atoms with van der Waals surface area (Å²) in [6, 6.07) is 7.08. The van der Waals surface area contributed by atoms with Crippen molar-refractivity contribution >= 4 is 0 Å². The first kappa shape index (κ1) is 14.4. The maximum atomic E-state index is 9.24. The summed E-state index contributed by atoms with van der Waals surface area (Å²) in [4.78, 5) is 9.34. The van der Waals surface area contributed by atoms with E-state index in [4.69, 9.17) is 0 Å². The van der Waals surface area contributed by atoms with Gasteiger partial charge >= 0.3 is 0 Å². The van der Waals surface area contributed by atoms with Crippen molar-refractivity contribution in [3.8, 4) is 0 Å². The number of aliphatic hydroxyl groups excluding tert-OH is 1. The van der Waals surface area contributed by atoms with Crippen LogP contribution in [0, 0.1) is 0 Å². The van der Waals surface area contributed by atoms with Gasteiger partial charge in [0.25, 0.3) is 0 Å². The molecule has 1 aliphatic heterocycles. The lowest BCUT2D eigenvalue weighted by molar-refractivity contribution is 0.0344. The van der Waals surface area contributed by atoms with E-state index in [-0.39, 0.29) is 6.61 Å². The Balaban J connectivity index is 1.94. The molecule has 1 saturated heterocycles. The minimum absolute atomic E-state index is 0.269. The van der Waals surface area contributed by atoms with Crippen molar-refractivity contribution in [3.05, 3.63) is 30.1 Å². The Morgan fingerprint density at radius 2 is 2.21 bits per heavy atom. The Labute approximate surface area is 116 Å². The molecule has 0 radical (unpaired) electrons. The molecule has 4 heteroatoms. The van der Waals surface area contributed by atoms with Crippen LogP contribution in [0.3, 0.4) is 0 Å². The van der Waals surface area contributed by atoms with Crippen molar-refractivity contribution in [2.75, 3.05) is 26.2 Å². The maximum Gasteiger partial charge on any atom is 0.0543 e. The Bertz CT molecular complexity index is 369. The van der Waals surface area contributed by atoms with Crippen molar-refractivity contribution in [1.29, 1.82) is 0 Å². The molecule has 1 aromatic rings. The number of hydrogen-bond donors (Lipinski definition) is 1. The molecule has 0 aliphatic carbocycles. The zero-order valence-corrected chi connectivity index (χ0v) is 12.0. The van der Waals surface area contributed by atoms with Crippen LogP contribution in [0.2, 0.25) is 0 Å². The molecule has 0 spiro atoms. The van der Waals surface area contributed by atoms with Crippen LogP contribution in [0.15, 0.2) is 24.4 Å². The monoisotopic (exact) mass is 263 g/mol. The highest BCUT2D eigenvalue weighted by Crippen LogP contribution is 2.17. The van der Waals surface area contributed by atoms with E-state index in [0.717, 1.165) is 38.3 Å². The van der Waals surface area contributed by atoms with E-state index in [0.29, 0.717) is 12.1 Å². The number of aromatic nitrogens is 1. The molecule has 0 unspecified atom stereocenters. The van der Waals surface area contributed by atoms with Gasteiger partial charge in [0.1, 0.15) is 0 Å². The first-order chi connectivity index (χ1) is 9.20. The summed E-state index contributed by atoms with van der Waals surface area (Å²) in [7, 11) is 0. The number of nitrogens with zero attached hydrogens (tertiary/aromatic N) is 3. The molecular weight excluding hydrogens is 238 g/mol. The third kappa shape index (κ3) is 4.00. The van der Waals surface area contributed by atoms with Crippen LogP contribution in [-0.4, -0.2) is 58.2 Å². The van der Waals surface area contributed by atoms with Gasteiger partial charge < -0.3 is 5.11 Å². The second kappa shape index (κ2) is 6.98. The van der Waals surface area contributed by atoms with Gasteiger partial charge in [-0.2, -0.15) is 0 Å². The lowest BCUT2D eigenvalue weighted by Gasteiger charge is -2.43. The molecule has 2 rings (SSSR count). The molecule has 4 nitrogen and oxygen atoms in total. The molecular formula is C15H25N3O. The average Bonchev–Trinajstić information content (AvgIpc) is 2.40. The molecule has 1 atom stereocenters. The third-order valence-electron chi connectivity index (χ3n) is 3.85. The maximum absolute atomic E-state index is 9.24. The summed E-state index contributed by atoms with van der Waals surface area (Å²) >= 11 is 0. The first-order valence-electron chi connectivity index (χ1n) is 7.19. The van der Waals surface area contributed by atoms with E-state index < -0.39 is 0 Å². The molecule has 0 aromatic carbocycles. The zero-order chi connectivity index (χ0) is 13.7. The van der Waals surface area contributed by atoms with Crippen LogP contribution in [0.4, 0.5) is 0 Å². The summed E-state index contributed by atoms with van der Waals surface area (Å²) in [6.07, 6.45) is 2.71. The second-order valence-electron chi connectivity index (χ2n) is 5.55. The van der Waals surface area contributed by atoms with E-state index in [1.165, 1.54) is 0 Å². The van der Waals surface area contributed by atoms with Gasteiger partial charge in [0.05, 0.1) is 5.69 Å². The van der Waals surface area contributed by atoms with E-state index in [2.05, 4.69) is 34.7 Å². The standard InChI is InChI=1S/C15H25N3O/c1-13(2)18-9-8-17(12-15(18)6-10-19)11-14-5-3-4-7-16-14/h3-5,7,13,15,19H,6,8-12H2,1-2H3/t15-/m1/s1. The lowest BCUT2D eigenvalue weighted by atomic mass is 10.1. The van der Waals surface area contributed by atoms with Gasteiger partial charge in [-0.15, -0.1) is 0 Å². The molecule has 0 amide bonds. The predicted octanol–water partition coefficient (Wildman–Crippen LogP) is 1.36. The minimum atomic E-state index is 0.269. The van der Waals surface area contributed by atoms with Crippen molar-refractivity contribution in [1.82, 2.24) is 14.8 Å². The van der Waals surface area contributed by atoms with Crippen LogP contribution >= 0.6 is 0 Å². The van der Waals surface area contributed by atoms with Gasteiger partial charge in [0.15, 0.2) is 0 Å². The van der Waals surface area contributed by atoms with Gasteiger partial charge in [-0.3, -0.25) is 14.8 Å². The Kier molecular flexibility index (Phi) is 5.31. The predicted molar refractivity (Wildman–Crippen MR) is 76.8 cm³/mol. The quantitative estimate of drug-likeness (QED) is 0.871. The van der Waals surface area contributed by atoms with Crippen molar-refractivity contribution < 1.29 is 5.11 Å². The van der Waals surface area contributed by atoms with Crippen LogP contribution < -0.4 is 0 Å². The highest BCUT2D eigenvalue weighted by Gasteiger charge is 2.28. The Morgan fingerprint density at radius 1 is 1.37 bits per heavy atom. The molecule has 1 aromatic heterocycles. The summed E-state index contributed by atoms with van der Waals surface area (Å²) in [5.74, 6) is 0. The molecule has 1 aliphatic rings. The second-order valence-corrected chi connectivity index (χ2v) is 5.55. The van der Waals surface area contributed by atoms with Gasteiger partial charge in [0, 0.05) is 51.1 Å². The molecule has 0 saturated carbocycles. The number of pyridine rings is 1. The van der Waals surface area contributed by atoms with Crippen LogP contribution in [0.1, 0.15) is 26.0 Å². The Morgan fingerprint density at radius 3 is 2.84 bits per heavy atom. The summed E-state index contributed by atoms with van der Waals surface area (Å²) in [5, 5.41) is 9.24. The number of hydrogen-bond acceptors (Lipinski definition) is 4. The van der Waals surface area contributed by atoms with Gasteiger partial charge in [-0.25, -0.2) is 0 Å². The largest absolute Gasteiger partial charge is 0.396 e. The molecule has 2 heterocycles. The highest BCUT2D eigenvalue weighted by molar-refractivity contribution is 5.03. The normalized spacial score (nSPS) is 22.0. The van der Waals surface area contributed by atoms with E-state index in [9.17, 15) is 5.11 Å². The molecule has 19 heavy (non-hydrogen) atoms. The van der Waals surface area contributed by atoms with Crippen molar-refractivity contribution in [2.24, 2.45) is 0 Å². The Hall–Kier alpha value is -0.970. The van der Waals surface area contributed by atoms with Crippen molar-refractivity contribution in [2.45, 2.75) is 38.9 Å². The van der Waals surface area contributed by atoms with Gasteiger partial charge in [-0.05, 0) is 32.4 Å². The third-order valence-corrected chi connectivity index (χ3v) is 3.85. The van der Waals surface area contributed by atoms with Crippen LogP contribution in [0.5, 0.6) is 0 Å². The highest BCUT2D eigenvalue weighted by atomic mass is 16.3. The number of piperazine rings is 1. The number of rotatable bonds is 5. The van der Waals surface area contributed by atoms with Gasteiger partial charge in [-0.1, -0.05) is 6.07 Å². The fourth-order valence-electron chi connectivity index (χ4n) is 2.88. The fourth-order valence-corrected chi connectivity index (χ4v) is 2.88. The molecule has 1 N–H and O–H groups in total. The van der Waals surface area contributed by atoms with E-state index in [1.807, 2.05) is 18.3 Å². The minimum Gasteiger partial charge on any atom is -0.396 e. The smallest absolute Gasteiger partial charge is 0.0543 e. The topological polar surface area (TPSA) is 39.6 Å². The molecule has 0 bridgehead atoms. The number of aliphatic hydroxyl groups is 1. The fraction of sp³-hybridized carbons (Fsp3) is 0.667. The van der Waals surface area contributed by atoms with E-state index >= 15 is 0 Å².